The Morgan fingerprint density at radius 1 is 1.27 bits per heavy atom. The van der Waals surface area contributed by atoms with Gasteiger partial charge in [0.15, 0.2) is 5.15 Å². The van der Waals surface area contributed by atoms with Gasteiger partial charge < -0.3 is 14.8 Å². The molecule has 1 amide bonds. The van der Waals surface area contributed by atoms with Crippen LogP contribution >= 0.6 is 11.6 Å². The standard InChI is InChI=1S/C16H24ClN5O4/c1-9-12(17)20-21-14(18-9)19-10-6-7-11(13(23)25-5)22(8-10)15(24)26-16(2,3)4/h10-11H,6-8H2,1-5H3,(H,18,19,21). The van der Waals surface area contributed by atoms with Crippen LogP contribution in [0.3, 0.4) is 0 Å². The van der Waals surface area contributed by atoms with Gasteiger partial charge in [0, 0.05) is 12.6 Å². The van der Waals surface area contributed by atoms with Crippen molar-refractivity contribution < 1.29 is 19.1 Å². The first-order chi connectivity index (χ1) is 12.1. The molecule has 26 heavy (non-hydrogen) atoms. The average molecular weight is 386 g/mol. The van der Waals surface area contributed by atoms with Gasteiger partial charge in [-0.2, -0.15) is 0 Å². The van der Waals surface area contributed by atoms with E-state index < -0.39 is 23.7 Å². The van der Waals surface area contributed by atoms with Gasteiger partial charge in [-0.05, 0) is 40.5 Å². The maximum atomic E-state index is 12.5. The molecule has 0 aromatic carbocycles. The Kier molecular flexibility index (Phi) is 6.22. The first kappa shape index (κ1) is 20.2. The summed E-state index contributed by atoms with van der Waals surface area (Å²) in [6.07, 6.45) is 0.499. The molecule has 9 nitrogen and oxygen atoms in total. The monoisotopic (exact) mass is 385 g/mol. The lowest BCUT2D eigenvalue weighted by molar-refractivity contribution is -0.148. The van der Waals surface area contributed by atoms with Crippen molar-refractivity contribution in [3.63, 3.8) is 0 Å². The van der Waals surface area contributed by atoms with Gasteiger partial charge >= 0.3 is 12.1 Å². The Hall–Kier alpha value is -2.16. The Labute approximate surface area is 157 Å². The molecule has 2 heterocycles. The van der Waals surface area contributed by atoms with Crippen molar-refractivity contribution in [2.45, 2.75) is 58.2 Å². The van der Waals surface area contributed by atoms with Crippen molar-refractivity contribution in [3.05, 3.63) is 10.8 Å². The van der Waals surface area contributed by atoms with E-state index in [-0.39, 0.29) is 17.7 Å². The van der Waals surface area contributed by atoms with Gasteiger partial charge in [0.25, 0.3) is 0 Å². The minimum absolute atomic E-state index is 0.161. The van der Waals surface area contributed by atoms with E-state index in [0.29, 0.717) is 24.5 Å². The molecule has 1 aliphatic rings. The number of esters is 1. The van der Waals surface area contributed by atoms with Crippen LogP contribution in [0.1, 0.15) is 39.3 Å². The highest BCUT2D eigenvalue weighted by molar-refractivity contribution is 6.29. The lowest BCUT2D eigenvalue weighted by Crippen LogP contribution is -2.55. The molecule has 0 bridgehead atoms. The van der Waals surface area contributed by atoms with Crippen molar-refractivity contribution in [2.75, 3.05) is 19.0 Å². The van der Waals surface area contributed by atoms with E-state index >= 15 is 0 Å². The molecule has 1 fully saturated rings. The summed E-state index contributed by atoms with van der Waals surface area (Å²) in [4.78, 5) is 30.2. The number of amides is 1. The van der Waals surface area contributed by atoms with Crippen molar-refractivity contribution in [2.24, 2.45) is 0 Å². The number of likely N-dealkylation sites (tertiary alicyclic amines) is 1. The van der Waals surface area contributed by atoms with Crippen LogP contribution in [0, 0.1) is 6.92 Å². The van der Waals surface area contributed by atoms with E-state index in [1.807, 2.05) is 0 Å². The summed E-state index contributed by atoms with van der Waals surface area (Å²) in [6.45, 7) is 7.29. The Morgan fingerprint density at radius 2 is 1.96 bits per heavy atom. The van der Waals surface area contributed by atoms with Gasteiger partial charge in [-0.1, -0.05) is 11.6 Å². The number of nitrogens with one attached hydrogen (secondary N) is 1. The fourth-order valence-electron chi connectivity index (χ4n) is 2.63. The smallest absolute Gasteiger partial charge is 0.411 e. The molecule has 1 aromatic rings. The molecule has 1 N–H and O–H groups in total. The summed E-state index contributed by atoms with van der Waals surface area (Å²) in [5.74, 6) is -0.146. The lowest BCUT2D eigenvalue weighted by atomic mass is 9.98. The van der Waals surface area contributed by atoms with Crippen LogP contribution in [0.4, 0.5) is 10.7 Å². The average Bonchev–Trinajstić information content (AvgIpc) is 2.56. The van der Waals surface area contributed by atoms with Crippen LogP contribution in [-0.4, -0.2) is 63.5 Å². The van der Waals surface area contributed by atoms with Crippen molar-refractivity contribution in [1.82, 2.24) is 20.1 Å². The topological polar surface area (TPSA) is 107 Å². The van der Waals surface area contributed by atoms with E-state index in [2.05, 4.69) is 20.5 Å². The Bertz CT molecular complexity index is 679. The molecule has 1 saturated heterocycles. The number of hydrogen-bond acceptors (Lipinski definition) is 8. The number of carbonyl (C=O) groups excluding carboxylic acids is 2. The SMILES string of the molecule is COC(=O)C1CCC(Nc2nnc(Cl)c(C)n2)CN1C(=O)OC(C)(C)C. The van der Waals surface area contributed by atoms with Crippen LogP contribution in [0.2, 0.25) is 5.15 Å². The third-order valence-electron chi connectivity index (χ3n) is 3.82. The number of anilines is 1. The van der Waals surface area contributed by atoms with Crippen molar-refractivity contribution >= 4 is 29.6 Å². The van der Waals surface area contributed by atoms with E-state index in [4.69, 9.17) is 21.1 Å². The first-order valence-corrected chi connectivity index (χ1v) is 8.69. The number of ether oxygens (including phenoxy) is 2. The van der Waals surface area contributed by atoms with Gasteiger partial charge in [-0.15, -0.1) is 10.2 Å². The minimum Gasteiger partial charge on any atom is -0.467 e. The number of aryl methyl sites for hydroxylation is 1. The first-order valence-electron chi connectivity index (χ1n) is 8.31. The van der Waals surface area contributed by atoms with E-state index in [9.17, 15) is 9.59 Å². The molecule has 2 atom stereocenters. The quantitative estimate of drug-likeness (QED) is 0.789. The number of rotatable bonds is 3. The predicted octanol–water partition coefficient (Wildman–Crippen LogP) is 2.19. The fraction of sp³-hybridized carbons (Fsp3) is 0.688. The lowest BCUT2D eigenvalue weighted by Gasteiger charge is -2.38. The van der Waals surface area contributed by atoms with E-state index in [1.54, 1.807) is 27.7 Å². The molecule has 0 saturated carbocycles. The molecular weight excluding hydrogens is 362 g/mol. The van der Waals surface area contributed by atoms with Crippen molar-refractivity contribution in [3.8, 4) is 0 Å². The van der Waals surface area contributed by atoms with Crippen LogP contribution in [0.5, 0.6) is 0 Å². The number of aromatic nitrogens is 3. The van der Waals surface area contributed by atoms with Gasteiger partial charge in [0.2, 0.25) is 5.95 Å². The fourth-order valence-corrected chi connectivity index (χ4v) is 2.71. The van der Waals surface area contributed by atoms with Gasteiger partial charge in [0.1, 0.15) is 11.6 Å². The van der Waals surface area contributed by atoms with E-state index in [0.717, 1.165) is 0 Å². The number of halogens is 1. The molecule has 2 unspecified atom stereocenters. The second-order valence-electron chi connectivity index (χ2n) is 7.10. The predicted molar refractivity (Wildman–Crippen MR) is 95.0 cm³/mol. The highest BCUT2D eigenvalue weighted by atomic mass is 35.5. The van der Waals surface area contributed by atoms with Crippen LogP contribution in [-0.2, 0) is 14.3 Å². The molecule has 1 aliphatic heterocycles. The zero-order valence-corrected chi connectivity index (χ0v) is 16.3. The number of piperidine rings is 1. The zero-order chi connectivity index (χ0) is 19.5. The van der Waals surface area contributed by atoms with Gasteiger partial charge in [0.05, 0.1) is 12.8 Å². The zero-order valence-electron chi connectivity index (χ0n) is 15.6. The number of carbonyl (C=O) groups is 2. The summed E-state index contributed by atoms with van der Waals surface area (Å²) in [5, 5.41) is 11.1. The Balaban J connectivity index is 2.13. The van der Waals surface area contributed by atoms with E-state index in [1.165, 1.54) is 12.0 Å². The Morgan fingerprint density at radius 3 is 2.54 bits per heavy atom. The third kappa shape index (κ3) is 5.17. The number of nitrogens with zero attached hydrogens (tertiary/aromatic N) is 4. The summed E-state index contributed by atoms with van der Waals surface area (Å²) < 4.78 is 10.3. The third-order valence-corrected chi connectivity index (χ3v) is 4.17. The van der Waals surface area contributed by atoms with Gasteiger partial charge in [-0.25, -0.2) is 14.6 Å². The maximum Gasteiger partial charge on any atom is 0.411 e. The number of hydrogen-bond donors (Lipinski definition) is 1. The van der Waals surface area contributed by atoms with Gasteiger partial charge in [-0.3, -0.25) is 4.90 Å². The summed E-state index contributed by atoms with van der Waals surface area (Å²) in [6, 6.07) is -0.843. The second kappa shape index (κ2) is 8.03. The molecular formula is C16H24ClN5O4. The molecule has 1 aromatic heterocycles. The van der Waals surface area contributed by atoms with Crippen LogP contribution in [0.25, 0.3) is 0 Å². The number of methoxy groups -OCH3 is 1. The van der Waals surface area contributed by atoms with Crippen molar-refractivity contribution in [1.29, 1.82) is 0 Å². The highest BCUT2D eigenvalue weighted by Crippen LogP contribution is 2.23. The molecule has 0 radical (unpaired) electrons. The van der Waals surface area contributed by atoms with Crippen LogP contribution < -0.4 is 5.32 Å². The molecule has 10 heteroatoms. The molecule has 0 aliphatic carbocycles. The van der Waals surface area contributed by atoms with Crippen LogP contribution in [0.15, 0.2) is 0 Å². The summed E-state index contributed by atoms with van der Waals surface area (Å²) >= 11 is 5.83. The molecule has 144 valence electrons. The minimum atomic E-state index is -0.682. The maximum absolute atomic E-state index is 12.5. The summed E-state index contributed by atoms with van der Waals surface area (Å²) in [7, 11) is 1.30. The molecule has 0 spiro atoms. The normalized spacial score (nSPS) is 20.5. The molecule has 2 rings (SSSR count). The largest absolute Gasteiger partial charge is 0.467 e. The summed E-state index contributed by atoms with van der Waals surface area (Å²) in [5.41, 5.74) is -0.116. The second-order valence-corrected chi connectivity index (χ2v) is 7.46. The highest BCUT2D eigenvalue weighted by Gasteiger charge is 2.39.